The maximum atomic E-state index is 12.5. The number of nitrogens with zero attached hydrogens (tertiary/aromatic N) is 2. The van der Waals surface area contributed by atoms with Crippen molar-refractivity contribution in [2.75, 3.05) is 24.5 Å². The predicted molar refractivity (Wildman–Crippen MR) is 82.8 cm³/mol. The van der Waals surface area contributed by atoms with Gasteiger partial charge in [-0.2, -0.15) is 0 Å². The molecule has 1 amide bonds. The summed E-state index contributed by atoms with van der Waals surface area (Å²) < 4.78 is 5.25. The van der Waals surface area contributed by atoms with E-state index >= 15 is 0 Å². The number of pyridine rings is 1. The monoisotopic (exact) mass is 306 g/mol. The third-order valence-electron chi connectivity index (χ3n) is 2.98. The summed E-state index contributed by atoms with van der Waals surface area (Å²) in [5.41, 5.74) is 3.36. The summed E-state index contributed by atoms with van der Waals surface area (Å²) in [7, 11) is 3.21. The molecule has 0 radical (unpaired) electrons. The van der Waals surface area contributed by atoms with Crippen LogP contribution in [-0.4, -0.2) is 25.0 Å². The van der Waals surface area contributed by atoms with Crippen molar-refractivity contribution in [2.24, 2.45) is 5.84 Å². The normalized spacial score (nSPS) is 10.1. The lowest BCUT2D eigenvalue weighted by Gasteiger charge is -2.20. The minimum absolute atomic E-state index is 0.252. The molecule has 2 aromatic rings. The van der Waals surface area contributed by atoms with Crippen molar-refractivity contribution in [3.05, 3.63) is 47.1 Å². The van der Waals surface area contributed by atoms with E-state index in [0.29, 0.717) is 22.8 Å². The molecule has 3 N–H and O–H groups in total. The number of nitrogen functional groups attached to an aromatic ring is 1. The molecular weight excluding hydrogens is 292 g/mol. The number of halogens is 1. The Morgan fingerprint density at radius 1 is 1.43 bits per heavy atom. The Morgan fingerprint density at radius 2 is 2.14 bits per heavy atom. The Morgan fingerprint density at radius 3 is 2.76 bits per heavy atom. The van der Waals surface area contributed by atoms with Gasteiger partial charge in [0, 0.05) is 13.2 Å². The van der Waals surface area contributed by atoms with Crippen molar-refractivity contribution in [1.29, 1.82) is 0 Å². The number of rotatable bonds is 4. The van der Waals surface area contributed by atoms with Crippen LogP contribution in [-0.2, 0) is 0 Å². The highest BCUT2D eigenvalue weighted by Crippen LogP contribution is 2.28. The number of hydrogen-bond acceptors (Lipinski definition) is 5. The van der Waals surface area contributed by atoms with E-state index in [9.17, 15) is 4.79 Å². The maximum absolute atomic E-state index is 12.5. The van der Waals surface area contributed by atoms with Crippen LogP contribution in [0, 0.1) is 0 Å². The molecule has 1 aromatic carbocycles. The second-order valence-corrected chi connectivity index (χ2v) is 4.64. The molecule has 1 heterocycles. The van der Waals surface area contributed by atoms with Crippen LogP contribution in [0.25, 0.3) is 0 Å². The van der Waals surface area contributed by atoms with Gasteiger partial charge in [-0.05, 0) is 18.2 Å². The summed E-state index contributed by atoms with van der Waals surface area (Å²) in [6, 6.07) is 8.75. The number of hydrogen-bond donors (Lipinski definition) is 2. The highest BCUT2D eigenvalue weighted by atomic mass is 35.5. The van der Waals surface area contributed by atoms with E-state index in [1.54, 1.807) is 26.3 Å². The quantitative estimate of drug-likeness (QED) is 0.669. The van der Waals surface area contributed by atoms with Crippen LogP contribution in [0.4, 0.5) is 11.5 Å². The number of methoxy groups -OCH3 is 1. The summed E-state index contributed by atoms with van der Waals surface area (Å²) in [6.07, 6.45) is 1.41. The minimum Gasteiger partial charge on any atom is -0.495 e. The van der Waals surface area contributed by atoms with E-state index < -0.39 is 0 Å². The first-order valence-electron chi connectivity index (χ1n) is 6.11. The van der Waals surface area contributed by atoms with Crippen LogP contribution < -0.4 is 20.9 Å². The lowest BCUT2D eigenvalue weighted by atomic mass is 10.2. The molecule has 6 nitrogen and oxygen atoms in total. The number of para-hydroxylation sites is 2. The molecule has 0 spiro atoms. The number of amides is 1. The molecule has 7 heteroatoms. The fraction of sp³-hybridized carbons (Fsp3) is 0.143. The van der Waals surface area contributed by atoms with Crippen molar-refractivity contribution in [2.45, 2.75) is 0 Å². The Hall–Kier alpha value is -2.31. The standard InChI is InChI=1S/C14H15ClN4O2/c1-19(11-5-3-4-6-12(11)21-2)14(20)9-7-10(15)13(18-16)17-8-9/h3-8H,16H2,1-2H3,(H,17,18). The molecule has 0 aliphatic carbocycles. The molecule has 0 bridgehead atoms. The fourth-order valence-electron chi connectivity index (χ4n) is 1.87. The van der Waals surface area contributed by atoms with Crippen molar-refractivity contribution in [1.82, 2.24) is 4.98 Å². The van der Waals surface area contributed by atoms with Crippen molar-refractivity contribution in [3.63, 3.8) is 0 Å². The summed E-state index contributed by atoms with van der Waals surface area (Å²) in [5, 5.41) is 0.275. The Kier molecular flexibility index (Phi) is 4.62. The van der Waals surface area contributed by atoms with Crippen molar-refractivity contribution < 1.29 is 9.53 Å². The lowest BCUT2D eigenvalue weighted by Crippen LogP contribution is -2.27. The Labute approximate surface area is 127 Å². The smallest absolute Gasteiger partial charge is 0.259 e. The number of anilines is 2. The van der Waals surface area contributed by atoms with Gasteiger partial charge in [-0.3, -0.25) is 4.79 Å². The topological polar surface area (TPSA) is 80.5 Å². The van der Waals surface area contributed by atoms with Gasteiger partial charge in [-0.25, -0.2) is 10.8 Å². The minimum atomic E-state index is -0.252. The number of carbonyl (C=O) groups excluding carboxylic acids is 1. The van der Waals surface area contributed by atoms with E-state index in [2.05, 4.69) is 10.4 Å². The molecule has 0 fully saturated rings. The van der Waals surface area contributed by atoms with Crippen molar-refractivity contribution >= 4 is 29.0 Å². The summed E-state index contributed by atoms with van der Waals surface area (Å²) in [4.78, 5) is 17.9. The van der Waals surface area contributed by atoms with Gasteiger partial charge in [-0.15, -0.1) is 0 Å². The van der Waals surface area contributed by atoms with Gasteiger partial charge < -0.3 is 15.1 Å². The van der Waals surface area contributed by atoms with Gasteiger partial charge in [0.1, 0.15) is 5.75 Å². The molecule has 0 atom stereocenters. The van der Waals surface area contributed by atoms with E-state index in [1.165, 1.54) is 17.2 Å². The number of ether oxygens (including phenoxy) is 1. The second-order valence-electron chi connectivity index (χ2n) is 4.23. The van der Waals surface area contributed by atoms with Gasteiger partial charge >= 0.3 is 0 Å². The summed E-state index contributed by atoms with van der Waals surface area (Å²) >= 11 is 5.98. The third kappa shape index (κ3) is 3.07. The predicted octanol–water partition coefficient (Wildman–Crippen LogP) is 2.31. The maximum Gasteiger partial charge on any atom is 0.259 e. The number of nitrogens with two attached hydrogens (primary N) is 1. The number of carbonyl (C=O) groups is 1. The van der Waals surface area contributed by atoms with E-state index in [0.717, 1.165) is 0 Å². The average molecular weight is 307 g/mol. The van der Waals surface area contributed by atoms with Crippen LogP contribution >= 0.6 is 11.6 Å². The zero-order chi connectivity index (χ0) is 15.4. The second kappa shape index (κ2) is 6.43. The van der Waals surface area contributed by atoms with Crippen LogP contribution in [0.15, 0.2) is 36.5 Å². The first kappa shape index (κ1) is 15.1. The summed E-state index contributed by atoms with van der Waals surface area (Å²) in [6.45, 7) is 0. The van der Waals surface area contributed by atoms with E-state index in [-0.39, 0.29) is 10.9 Å². The molecule has 110 valence electrons. The van der Waals surface area contributed by atoms with Gasteiger partial charge in [-0.1, -0.05) is 23.7 Å². The zero-order valence-electron chi connectivity index (χ0n) is 11.6. The number of benzene rings is 1. The molecular formula is C14H15ClN4O2. The molecule has 0 aliphatic rings. The SMILES string of the molecule is COc1ccccc1N(C)C(=O)c1cnc(NN)c(Cl)c1. The first-order valence-corrected chi connectivity index (χ1v) is 6.49. The zero-order valence-corrected chi connectivity index (χ0v) is 12.4. The van der Waals surface area contributed by atoms with Gasteiger partial charge in [0.05, 0.1) is 23.4 Å². The largest absolute Gasteiger partial charge is 0.495 e. The molecule has 0 unspecified atom stereocenters. The van der Waals surface area contributed by atoms with Crippen LogP contribution in [0.3, 0.4) is 0 Å². The average Bonchev–Trinajstić information content (AvgIpc) is 2.53. The molecule has 0 saturated carbocycles. The Balaban J connectivity index is 2.33. The molecule has 0 saturated heterocycles. The van der Waals surface area contributed by atoms with Gasteiger partial charge in [0.2, 0.25) is 0 Å². The number of aromatic nitrogens is 1. The highest BCUT2D eigenvalue weighted by Gasteiger charge is 2.18. The van der Waals surface area contributed by atoms with Crippen molar-refractivity contribution in [3.8, 4) is 5.75 Å². The molecule has 2 rings (SSSR count). The van der Waals surface area contributed by atoms with Gasteiger partial charge in [0.15, 0.2) is 5.82 Å². The van der Waals surface area contributed by atoms with Gasteiger partial charge in [0.25, 0.3) is 5.91 Å². The first-order chi connectivity index (χ1) is 10.1. The van der Waals surface area contributed by atoms with Crippen LogP contribution in [0.2, 0.25) is 5.02 Å². The fourth-order valence-corrected chi connectivity index (χ4v) is 2.09. The van der Waals surface area contributed by atoms with Crippen LogP contribution in [0.1, 0.15) is 10.4 Å². The van der Waals surface area contributed by atoms with Crippen LogP contribution in [0.5, 0.6) is 5.75 Å². The Bertz CT molecular complexity index is 663. The summed E-state index contributed by atoms with van der Waals surface area (Å²) in [5.74, 6) is 5.92. The van der Waals surface area contributed by atoms with E-state index in [1.807, 2.05) is 12.1 Å². The lowest BCUT2D eigenvalue weighted by molar-refractivity contribution is 0.0992. The molecule has 0 aliphatic heterocycles. The number of nitrogens with one attached hydrogen (secondary N) is 1. The molecule has 1 aromatic heterocycles. The third-order valence-corrected chi connectivity index (χ3v) is 3.26. The highest BCUT2D eigenvalue weighted by molar-refractivity contribution is 6.33. The molecule has 21 heavy (non-hydrogen) atoms. The number of hydrazine groups is 1. The van der Waals surface area contributed by atoms with E-state index in [4.69, 9.17) is 22.2 Å².